The molecule has 0 aliphatic carbocycles. The smallest absolute Gasteiger partial charge is 0.348 e. The fourth-order valence-corrected chi connectivity index (χ4v) is 3.84. The Kier molecular flexibility index (Phi) is 3.50. The molecule has 4 heteroatoms. The average molecular weight is 228 g/mol. The molecule has 0 fully saturated rings. The minimum atomic E-state index is -1.27. The molecule has 1 aromatic heterocycles. The zero-order valence-corrected chi connectivity index (χ0v) is 10.9. The van der Waals surface area contributed by atoms with Crippen LogP contribution in [0.1, 0.15) is 16.6 Å². The Morgan fingerprint density at radius 3 is 2.50 bits per heavy atom. The Hall–Kier alpha value is -0.613. The third-order valence-electron chi connectivity index (χ3n) is 1.82. The molecule has 0 aliphatic rings. The molecule has 0 unspecified atom stereocenters. The van der Waals surface area contributed by atoms with E-state index in [2.05, 4.69) is 25.7 Å². The first kappa shape index (κ1) is 11.5. The van der Waals surface area contributed by atoms with Gasteiger partial charge in [0.1, 0.15) is 4.88 Å². The number of carbonyl (C=O) groups is 1. The van der Waals surface area contributed by atoms with Crippen LogP contribution in [0.5, 0.6) is 0 Å². The summed E-state index contributed by atoms with van der Waals surface area (Å²) in [5.41, 5.74) is 0. The minimum Gasteiger partial charge on any atom is -0.462 e. The fourth-order valence-electron chi connectivity index (χ4n) is 1.05. The summed E-state index contributed by atoms with van der Waals surface area (Å²) in [5, 5.41) is 0. The van der Waals surface area contributed by atoms with E-state index in [9.17, 15) is 4.79 Å². The van der Waals surface area contributed by atoms with E-state index in [4.69, 9.17) is 4.74 Å². The second-order valence-corrected chi connectivity index (χ2v) is 10.6. The van der Waals surface area contributed by atoms with Gasteiger partial charge in [0, 0.05) is 0 Å². The maximum Gasteiger partial charge on any atom is 0.348 e. The summed E-state index contributed by atoms with van der Waals surface area (Å²) < 4.78 is 6.29. The number of thiophene rings is 1. The Labute approximate surface area is 89.9 Å². The van der Waals surface area contributed by atoms with Crippen molar-refractivity contribution in [1.29, 1.82) is 0 Å². The highest BCUT2D eigenvalue weighted by Gasteiger charge is 2.20. The SMILES string of the molecule is CCOC(=O)c1ccc([Si](C)(C)C)s1. The average Bonchev–Trinajstić information content (AvgIpc) is 2.51. The van der Waals surface area contributed by atoms with Gasteiger partial charge in [-0.25, -0.2) is 4.79 Å². The van der Waals surface area contributed by atoms with Gasteiger partial charge in [0.25, 0.3) is 0 Å². The maximum absolute atomic E-state index is 11.4. The van der Waals surface area contributed by atoms with Crippen LogP contribution in [0.2, 0.25) is 19.6 Å². The van der Waals surface area contributed by atoms with Crippen molar-refractivity contribution in [1.82, 2.24) is 0 Å². The van der Waals surface area contributed by atoms with Gasteiger partial charge >= 0.3 is 5.97 Å². The molecule has 0 bridgehead atoms. The van der Waals surface area contributed by atoms with Crippen LogP contribution in [0, 0.1) is 0 Å². The fraction of sp³-hybridized carbons (Fsp3) is 0.500. The van der Waals surface area contributed by atoms with Crippen molar-refractivity contribution in [3.8, 4) is 0 Å². The molecule has 1 heterocycles. The van der Waals surface area contributed by atoms with E-state index in [1.807, 2.05) is 13.0 Å². The number of rotatable bonds is 3. The summed E-state index contributed by atoms with van der Waals surface area (Å²) in [6.45, 7) is 9.08. The normalized spacial score (nSPS) is 11.4. The third kappa shape index (κ3) is 2.69. The van der Waals surface area contributed by atoms with Gasteiger partial charge in [-0.2, -0.15) is 0 Å². The van der Waals surface area contributed by atoms with Crippen LogP contribution in [-0.4, -0.2) is 20.7 Å². The molecule has 0 saturated heterocycles. The number of esters is 1. The van der Waals surface area contributed by atoms with Gasteiger partial charge in [-0.15, -0.1) is 11.3 Å². The molecular weight excluding hydrogens is 212 g/mol. The first-order valence-electron chi connectivity index (χ1n) is 4.72. The van der Waals surface area contributed by atoms with Gasteiger partial charge in [0.2, 0.25) is 0 Å². The van der Waals surface area contributed by atoms with Crippen LogP contribution >= 0.6 is 11.3 Å². The molecule has 2 nitrogen and oxygen atoms in total. The van der Waals surface area contributed by atoms with Gasteiger partial charge in [-0.05, 0) is 17.5 Å². The highest BCUT2D eigenvalue weighted by molar-refractivity contribution is 7.27. The maximum atomic E-state index is 11.4. The van der Waals surface area contributed by atoms with E-state index in [1.165, 1.54) is 4.50 Å². The highest BCUT2D eigenvalue weighted by atomic mass is 32.1. The van der Waals surface area contributed by atoms with Crippen molar-refractivity contribution in [3.05, 3.63) is 17.0 Å². The standard InChI is InChI=1S/C10H16O2SSi/c1-5-12-10(11)8-6-7-9(13-8)14(2,3)4/h6-7H,5H2,1-4H3. The van der Waals surface area contributed by atoms with Gasteiger partial charge in [0.15, 0.2) is 0 Å². The summed E-state index contributed by atoms with van der Waals surface area (Å²) in [4.78, 5) is 12.1. The van der Waals surface area contributed by atoms with Crippen molar-refractivity contribution in [2.75, 3.05) is 6.61 Å². The van der Waals surface area contributed by atoms with Crippen LogP contribution < -0.4 is 4.50 Å². The van der Waals surface area contributed by atoms with E-state index < -0.39 is 8.07 Å². The molecule has 78 valence electrons. The molecule has 1 rings (SSSR count). The summed E-state index contributed by atoms with van der Waals surface area (Å²) in [6, 6.07) is 3.93. The first-order chi connectivity index (χ1) is 6.45. The molecule has 0 aliphatic heterocycles. The van der Waals surface area contributed by atoms with Crippen molar-refractivity contribution in [3.63, 3.8) is 0 Å². The highest BCUT2D eigenvalue weighted by Crippen LogP contribution is 2.14. The number of ether oxygens (including phenoxy) is 1. The number of hydrogen-bond donors (Lipinski definition) is 0. The third-order valence-corrected chi connectivity index (χ3v) is 6.49. The largest absolute Gasteiger partial charge is 0.462 e. The lowest BCUT2D eigenvalue weighted by Crippen LogP contribution is -2.34. The molecule has 0 radical (unpaired) electrons. The van der Waals surface area contributed by atoms with Crippen molar-refractivity contribution < 1.29 is 9.53 Å². The Balaban J connectivity index is 2.83. The van der Waals surface area contributed by atoms with Crippen LogP contribution in [0.25, 0.3) is 0 Å². The van der Waals surface area contributed by atoms with Crippen LogP contribution in [-0.2, 0) is 4.74 Å². The van der Waals surface area contributed by atoms with E-state index >= 15 is 0 Å². The predicted octanol–water partition coefficient (Wildman–Crippen LogP) is 2.47. The predicted molar refractivity (Wildman–Crippen MR) is 63.3 cm³/mol. The summed E-state index contributed by atoms with van der Waals surface area (Å²) in [7, 11) is -1.27. The van der Waals surface area contributed by atoms with E-state index in [0.717, 1.165) is 4.88 Å². The zero-order chi connectivity index (χ0) is 10.8. The number of carbonyl (C=O) groups excluding carboxylic acids is 1. The Morgan fingerprint density at radius 1 is 1.43 bits per heavy atom. The zero-order valence-electron chi connectivity index (χ0n) is 9.09. The molecule has 0 spiro atoms. The summed E-state index contributed by atoms with van der Waals surface area (Å²) >= 11 is 1.58. The second-order valence-electron chi connectivity index (χ2n) is 4.13. The molecule has 0 atom stereocenters. The molecule has 0 aromatic carbocycles. The van der Waals surface area contributed by atoms with Crippen molar-refractivity contribution in [2.24, 2.45) is 0 Å². The molecule has 14 heavy (non-hydrogen) atoms. The lowest BCUT2D eigenvalue weighted by molar-refractivity contribution is 0.0532. The lowest BCUT2D eigenvalue weighted by atomic mass is 10.5. The quantitative estimate of drug-likeness (QED) is 0.587. The van der Waals surface area contributed by atoms with Crippen molar-refractivity contribution >= 4 is 29.9 Å². The summed E-state index contributed by atoms with van der Waals surface area (Å²) in [5.74, 6) is -0.193. The Bertz CT molecular complexity index is 325. The Morgan fingerprint density at radius 2 is 2.07 bits per heavy atom. The van der Waals surface area contributed by atoms with Gasteiger partial charge in [0.05, 0.1) is 14.7 Å². The van der Waals surface area contributed by atoms with E-state index in [0.29, 0.717) is 6.61 Å². The molecule has 0 saturated carbocycles. The summed E-state index contributed by atoms with van der Waals surface area (Å²) in [6.07, 6.45) is 0. The molecule has 0 N–H and O–H groups in total. The number of hydrogen-bond acceptors (Lipinski definition) is 3. The molecular formula is C10H16O2SSi. The van der Waals surface area contributed by atoms with E-state index in [1.54, 1.807) is 11.3 Å². The van der Waals surface area contributed by atoms with Crippen LogP contribution in [0.15, 0.2) is 12.1 Å². The van der Waals surface area contributed by atoms with Gasteiger partial charge in [-0.1, -0.05) is 25.7 Å². The van der Waals surface area contributed by atoms with E-state index in [-0.39, 0.29) is 5.97 Å². The van der Waals surface area contributed by atoms with Crippen LogP contribution in [0.4, 0.5) is 0 Å². The minimum absolute atomic E-state index is 0.193. The monoisotopic (exact) mass is 228 g/mol. The van der Waals surface area contributed by atoms with Crippen LogP contribution in [0.3, 0.4) is 0 Å². The molecule has 1 aromatic rings. The molecule has 0 amide bonds. The van der Waals surface area contributed by atoms with Crippen molar-refractivity contribution in [2.45, 2.75) is 26.6 Å². The first-order valence-corrected chi connectivity index (χ1v) is 9.04. The van der Waals surface area contributed by atoms with Gasteiger partial charge in [-0.3, -0.25) is 0 Å². The van der Waals surface area contributed by atoms with Gasteiger partial charge < -0.3 is 4.74 Å². The lowest BCUT2D eigenvalue weighted by Gasteiger charge is -2.12. The second kappa shape index (κ2) is 4.27. The topological polar surface area (TPSA) is 26.3 Å².